The summed E-state index contributed by atoms with van der Waals surface area (Å²) in [6, 6.07) is 4.22. The van der Waals surface area contributed by atoms with Crippen molar-refractivity contribution in [1.82, 2.24) is 14.7 Å². The zero-order valence-electron chi connectivity index (χ0n) is 14.8. The maximum Gasteiger partial charge on any atom is 0.290 e. The van der Waals surface area contributed by atoms with Gasteiger partial charge in [0.1, 0.15) is 17.4 Å². The minimum atomic E-state index is -0.720. The fraction of sp³-hybridized carbons (Fsp3) is 0.500. The normalized spacial score (nSPS) is 22.0. The lowest BCUT2D eigenvalue weighted by Crippen LogP contribution is -2.47. The van der Waals surface area contributed by atoms with Gasteiger partial charge in [-0.1, -0.05) is 13.8 Å². The highest BCUT2D eigenvalue weighted by atomic mass is 16.3. The van der Waals surface area contributed by atoms with Crippen molar-refractivity contribution in [1.29, 1.82) is 0 Å². The number of nitrogen functional groups attached to an aromatic ring is 1. The number of anilines is 1. The Labute approximate surface area is 146 Å². The van der Waals surface area contributed by atoms with Crippen LogP contribution in [0.25, 0.3) is 11.5 Å². The standard InChI is InChI=1S/C18H24N4O3/c1-11-7-12(2)10-21(9-11)17(23)13(3)22-18(24)14(19)8-15(20-22)16-5-4-6-25-16/h4-6,8,11-13H,7,9-10,19H2,1-3H3/t11-,12-,13-/m1/s1. The van der Waals surface area contributed by atoms with Gasteiger partial charge in [-0.2, -0.15) is 5.10 Å². The summed E-state index contributed by atoms with van der Waals surface area (Å²) in [6.07, 6.45) is 2.63. The van der Waals surface area contributed by atoms with Crippen LogP contribution in [0, 0.1) is 11.8 Å². The van der Waals surface area contributed by atoms with Crippen molar-refractivity contribution >= 4 is 11.6 Å². The molecule has 1 saturated heterocycles. The number of carbonyl (C=O) groups is 1. The van der Waals surface area contributed by atoms with E-state index in [0.29, 0.717) is 36.4 Å². The number of nitrogens with zero attached hydrogens (tertiary/aromatic N) is 3. The van der Waals surface area contributed by atoms with Crippen molar-refractivity contribution in [3.8, 4) is 11.5 Å². The van der Waals surface area contributed by atoms with Crippen LogP contribution in [-0.2, 0) is 4.79 Å². The Bertz CT molecular complexity index is 802. The Morgan fingerprint density at radius 1 is 1.36 bits per heavy atom. The molecule has 7 nitrogen and oxygen atoms in total. The monoisotopic (exact) mass is 344 g/mol. The van der Waals surface area contributed by atoms with E-state index in [2.05, 4.69) is 18.9 Å². The number of amides is 1. The van der Waals surface area contributed by atoms with Gasteiger partial charge in [0.05, 0.1) is 6.26 Å². The van der Waals surface area contributed by atoms with Crippen LogP contribution >= 0.6 is 0 Å². The molecule has 2 N–H and O–H groups in total. The SMILES string of the molecule is C[C@@H]1C[C@@H](C)CN(C(=O)[C@@H](C)n2nc(-c3ccco3)cc(N)c2=O)C1. The smallest absolute Gasteiger partial charge is 0.290 e. The Morgan fingerprint density at radius 2 is 2.04 bits per heavy atom. The molecule has 0 bridgehead atoms. The number of aromatic nitrogens is 2. The first kappa shape index (κ1) is 17.3. The highest BCUT2D eigenvalue weighted by molar-refractivity contribution is 5.80. The van der Waals surface area contributed by atoms with Gasteiger partial charge in [-0.3, -0.25) is 9.59 Å². The minimum Gasteiger partial charge on any atom is -0.463 e. The average molecular weight is 344 g/mol. The van der Waals surface area contributed by atoms with Crippen LogP contribution in [0.5, 0.6) is 0 Å². The molecule has 0 aromatic carbocycles. The van der Waals surface area contributed by atoms with Gasteiger partial charge in [0, 0.05) is 13.1 Å². The molecule has 3 heterocycles. The molecule has 25 heavy (non-hydrogen) atoms. The van der Waals surface area contributed by atoms with Crippen LogP contribution in [0.4, 0.5) is 5.69 Å². The largest absolute Gasteiger partial charge is 0.463 e. The van der Waals surface area contributed by atoms with E-state index in [9.17, 15) is 9.59 Å². The summed E-state index contributed by atoms with van der Waals surface area (Å²) in [5.74, 6) is 1.29. The molecular formula is C18H24N4O3. The van der Waals surface area contributed by atoms with Gasteiger partial charge in [0.25, 0.3) is 5.56 Å². The van der Waals surface area contributed by atoms with Crippen LogP contribution in [0.3, 0.4) is 0 Å². The Kier molecular flexibility index (Phi) is 4.65. The summed E-state index contributed by atoms with van der Waals surface area (Å²) >= 11 is 0. The van der Waals surface area contributed by atoms with Crippen LogP contribution in [-0.4, -0.2) is 33.7 Å². The third-order valence-electron chi connectivity index (χ3n) is 4.64. The molecule has 0 radical (unpaired) electrons. The molecule has 1 amide bonds. The number of carbonyl (C=O) groups excluding carboxylic acids is 1. The van der Waals surface area contributed by atoms with E-state index in [0.717, 1.165) is 6.42 Å². The maximum absolute atomic E-state index is 12.9. The minimum absolute atomic E-state index is 0.0430. The molecule has 134 valence electrons. The molecule has 1 aliphatic rings. The van der Waals surface area contributed by atoms with Gasteiger partial charge >= 0.3 is 0 Å². The van der Waals surface area contributed by atoms with E-state index in [1.165, 1.54) is 17.0 Å². The van der Waals surface area contributed by atoms with E-state index in [4.69, 9.17) is 10.2 Å². The van der Waals surface area contributed by atoms with Crippen molar-refractivity contribution in [2.45, 2.75) is 33.2 Å². The second-order valence-electron chi connectivity index (χ2n) is 7.08. The third kappa shape index (κ3) is 3.45. The summed E-state index contributed by atoms with van der Waals surface area (Å²) in [4.78, 5) is 27.2. The van der Waals surface area contributed by atoms with E-state index in [-0.39, 0.29) is 11.6 Å². The number of nitrogens with two attached hydrogens (primary N) is 1. The lowest BCUT2D eigenvalue weighted by atomic mass is 9.91. The van der Waals surface area contributed by atoms with Crippen molar-refractivity contribution < 1.29 is 9.21 Å². The van der Waals surface area contributed by atoms with Gasteiger partial charge in [0.2, 0.25) is 5.91 Å². The van der Waals surface area contributed by atoms with Gasteiger partial charge in [-0.05, 0) is 43.4 Å². The topological polar surface area (TPSA) is 94.4 Å². The van der Waals surface area contributed by atoms with Crippen molar-refractivity contribution in [2.75, 3.05) is 18.8 Å². The highest BCUT2D eigenvalue weighted by Gasteiger charge is 2.30. The van der Waals surface area contributed by atoms with Crippen molar-refractivity contribution in [3.05, 3.63) is 34.8 Å². The molecule has 0 spiro atoms. The summed E-state index contributed by atoms with van der Waals surface area (Å²) < 4.78 is 6.49. The molecule has 7 heteroatoms. The van der Waals surface area contributed by atoms with E-state index in [1.54, 1.807) is 19.1 Å². The van der Waals surface area contributed by atoms with Crippen LogP contribution in [0.15, 0.2) is 33.7 Å². The molecule has 0 aliphatic carbocycles. The Balaban J connectivity index is 1.92. The molecule has 0 unspecified atom stereocenters. The summed E-state index contributed by atoms with van der Waals surface area (Å²) in [5.41, 5.74) is 5.86. The first-order valence-electron chi connectivity index (χ1n) is 8.58. The van der Waals surface area contributed by atoms with Crippen molar-refractivity contribution in [3.63, 3.8) is 0 Å². The first-order chi connectivity index (χ1) is 11.9. The summed E-state index contributed by atoms with van der Waals surface area (Å²) in [5, 5.41) is 4.31. The molecule has 3 rings (SSSR count). The number of likely N-dealkylation sites (tertiary alicyclic amines) is 1. The quantitative estimate of drug-likeness (QED) is 0.920. The van der Waals surface area contributed by atoms with E-state index in [1.807, 2.05) is 4.90 Å². The van der Waals surface area contributed by atoms with E-state index < -0.39 is 11.6 Å². The predicted octanol–water partition coefficient (Wildman–Crippen LogP) is 2.15. The van der Waals surface area contributed by atoms with Crippen LogP contribution in [0.2, 0.25) is 0 Å². The van der Waals surface area contributed by atoms with Gasteiger partial charge in [0.15, 0.2) is 5.76 Å². The number of hydrogen-bond donors (Lipinski definition) is 1. The first-order valence-corrected chi connectivity index (χ1v) is 8.58. The highest BCUT2D eigenvalue weighted by Crippen LogP contribution is 2.24. The van der Waals surface area contributed by atoms with Gasteiger partial charge in [-0.25, -0.2) is 4.68 Å². The maximum atomic E-state index is 12.9. The van der Waals surface area contributed by atoms with Crippen LogP contribution < -0.4 is 11.3 Å². The lowest BCUT2D eigenvalue weighted by Gasteiger charge is -2.36. The van der Waals surface area contributed by atoms with Gasteiger partial charge < -0.3 is 15.1 Å². The average Bonchev–Trinajstić information content (AvgIpc) is 3.09. The molecule has 0 saturated carbocycles. The van der Waals surface area contributed by atoms with E-state index >= 15 is 0 Å². The number of hydrogen-bond acceptors (Lipinski definition) is 5. The van der Waals surface area contributed by atoms with Gasteiger partial charge in [-0.15, -0.1) is 0 Å². The molecule has 1 fully saturated rings. The third-order valence-corrected chi connectivity index (χ3v) is 4.64. The van der Waals surface area contributed by atoms with Crippen LogP contribution in [0.1, 0.15) is 33.2 Å². The number of piperidine rings is 1. The summed E-state index contributed by atoms with van der Waals surface area (Å²) in [7, 11) is 0. The molecule has 3 atom stereocenters. The van der Waals surface area contributed by atoms with Crippen molar-refractivity contribution in [2.24, 2.45) is 11.8 Å². The fourth-order valence-corrected chi connectivity index (χ4v) is 3.55. The fourth-order valence-electron chi connectivity index (χ4n) is 3.55. The number of furan rings is 1. The molecule has 2 aromatic rings. The number of rotatable bonds is 3. The second kappa shape index (κ2) is 6.74. The molecular weight excluding hydrogens is 320 g/mol. The zero-order valence-corrected chi connectivity index (χ0v) is 14.8. The second-order valence-corrected chi connectivity index (χ2v) is 7.08. The Morgan fingerprint density at radius 3 is 2.64 bits per heavy atom. The summed E-state index contributed by atoms with van der Waals surface area (Å²) in [6.45, 7) is 7.37. The molecule has 1 aliphatic heterocycles. The molecule has 2 aromatic heterocycles. The Hall–Kier alpha value is -2.57. The predicted molar refractivity (Wildman–Crippen MR) is 94.8 cm³/mol. The zero-order chi connectivity index (χ0) is 18.1. The lowest BCUT2D eigenvalue weighted by molar-refractivity contribution is -0.137.